The van der Waals surface area contributed by atoms with Crippen LogP contribution in [0.4, 0.5) is 5.69 Å². The SMILES string of the molecule is NC(=O)c1cccc(-c2ncncc2C(=O)Nc2ccc(-c3ccccc3S(N)(=O)=O)cc2)c1. The smallest absolute Gasteiger partial charge is 0.259 e. The van der Waals surface area contributed by atoms with Crippen LogP contribution >= 0.6 is 0 Å². The molecule has 1 heterocycles. The van der Waals surface area contributed by atoms with E-state index < -0.39 is 21.8 Å². The molecule has 0 fully saturated rings. The summed E-state index contributed by atoms with van der Waals surface area (Å²) in [6.07, 6.45) is 2.69. The fourth-order valence-electron chi connectivity index (χ4n) is 3.43. The Morgan fingerprint density at radius 2 is 1.62 bits per heavy atom. The third kappa shape index (κ3) is 4.82. The second kappa shape index (κ2) is 9.22. The lowest BCUT2D eigenvalue weighted by molar-refractivity contribution is 0.0998. The van der Waals surface area contributed by atoms with Crippen LogP contribution in [0.15, 0.2) is 90.2 Å². The van der Waals surface area contributed by atoms with Crippen molar-refractivity contribution in [1.82, 2.24) is 9.97 Å². The number of primary sulfonamides is 1. The molecule has 0 unspecified atom stereocenters. The number of carbonyl (C=O) groups excluding carboxylic acids is 2. The van der Waals surface area contributed by atoms with Gasteiger partial charge in [0.25, 0.3) is 5.91 Å². The number of hydrogen-bond donors (Lipinski definition) is 3. The number of anilines is 1. The first kappa shape index (κ1) is 22.8. The summed E-state index contributed by atoms with van der Waals surface area (Å²) in [7, 11) is -3.90. The van der Waals surface area contributed by atoms with Gasteiger partial charge in [0.05, 0.1) is 16.2 Å². The highest BCUT2D eigenvalue weighted by Crippen LogP contribution is 2.28. The van der Waals surface area contributed by atoms with Gasteiger partial charge in [0.1, 0.15) is 6.33 Å². The summed E-state index contributed by atoms with van der Waals surface area (Å²) in [5.41, 5.74) is 8.28. The average molecular weight is 474 g/mol. The molecule has 0 spiro atoms. The minimum absolute atomic E-state index is 0.0102. The molecule has 4 aromatic rings. The number of benzene rings is 3. The summed E-state index contributed by atoms with van der Waals surface area (Å²) in [5, 5.41) is 8.10. The van der Waals surface area contributed by atoms with Gasteiger partial charge in [-0.2, -0.15) is 0 Å². The van der Waals surface area contributed by atoms with E-state index >= 15 is 0 Å². The Morgan fingerprint density at radius 1 is 0.882 bits per heavy atom. The number of aromatic nitrogens is 2. The van der Waals surface area contributed by atoms with E-state index in [2.05, 4.69) is 15.3 Å². The maximum absolute atomic E-state index is 13.0. The van der Waals surface area contributed by atoms with Crippen LogP contribution < -0.4 is 16.2 Å². The molecule has 2 amide bonds. The predicted octanol–water partition coefficient (Wildman–Crippen LogP) is 2.81. The molecule has 34 heavy (non-hydrogen) atoms. The highest BCUT2D eigenvalue weighted by Gasteiger charge is 2.17. The number of hydrogen-bond acceptors (Lipinski definition) is 6. The van der Waals surface area contributed by atoms with Crippen molar-refractivity contribution in [3.63, 3.8) is 0 Å². The minimum Gasteiger partial charge on any atom is -0.366 e. The molecule has 0 aliphatic heterocycles. The Bertz CT molecular complexity index is 1500. The van der Waals surface area contributed by atoms with Crippen molar-refractivity contribution in [3.8, 4) is 22.4 Å². The second-order valence-corrected chi connectivity index (χ2v) is 8.83. The first-order chi connectivity index (χ1) is 16.2. The Balaban J connectivity index is 1.61. The molecule has 0 atom stereocenters. The molecule has 3 aromatic carbocycles. The van der Waals surface area contributed by atoms with Crippen molar-refractivity contribution in [3.05, 3.63) is 96.4 Å². The first-order valence-electron chi connectivity index (χ1n) is 9.98. The van der Waals surface area contributed by atoms with Crippen LogP contribution in [-0.4, -0.2) is 30.2 Å². The summed E-state index contributed by atoms with van der Waals surface area (Å²) < 4.78 is 23.8. The molecule has 10 heteroatoms. The van der Waals surface area contributed by atoms with E-state index in [4.69, 9.17) is 10.9 Å². The third-order valence-corrected chi connectivity index (χ3v) is 5.99. The van der Waals surface area contributed by atoms with Crippen molar-refractivity contribution < 1.29 is 18.0 Å². The van der Waals surface area contributed by atoms with Gasteiger partial charge in [-0.1, -0.05) is 42.5 Å². The zero-order chi connectivity index (χ0) is 24.3. The van der Waals surface area contributed by atoms with Gasteiger partial charge in [0.2, 0.25) is 15.9 Å². The normalized spacial score (nSPS) is 11.1. The minimum atomic E-state index is -3.90. The lowest BCUT2D eigenvalue weighted by Crippen LogP contribution is -2.15. The first-order valence-corrected chi connectivity index (χ1v) is 11.5. The number of nitrogens with two attached hydrogens (primary N) is 2. The van der Waals surface area contributed by atoms with Gasteiger partial charge in [-0.3, -0.25) is 9.59 Å². The number of sulfonamides is 1. The van der Waals surface area contributed by atoms with Crippen molar-refractivity contribution in [2.24, 2.45) is 10.9 Å². The highest BCUT2D eigenvalue weighted by molar-refractivity contribution is 7.89. The zero-order valence-corrected chi connectivity index (χ0v) is 18.5. The van der Waals surface area contributed by atoms with E-state index in [1.807, 2.05) is 0 Å². The third-order valence-electron chi connectivity index (χ3n) is 5.02. The number of nitrogens with zero attached hydrogens (tertiary/aromatic N) is 2. The summed E-state index contributed by atoms with van der Waals surface area (Å²) >= 11 is 0. The van der Waals surface area contributed by atoms with E-state index in [0.717, 1.165) is 0 Å². The molecule has 0 radical (unpaired) electrons. The fourth-order valence-corrected chi connectivity index (χ4v) is 4.19. The van der Waals surface area contributed by atoms with Crippen LogP contribution in [0.5, 0.6) is 0 Å². The van der Waals surface area contributed by atoms with Gasteiger partial charge in [-0.25, -0.2) is 23.5 Å². The van der Waals surface area contributed by atoms with E-state index in [1.54, 1.807) is 66.7 Å². The van der Waals surface area contributed by atoms with E-state index in [1.165, 1.54) is 18.6 Å². The molecule has 0 bridgehead atoms. The number of amides is 2. The van der Waals surface area contributed by atoms with E-state index in [9.17, 15) is 18.0 Å². The maximum Gasteiger partial charge on any atom is 0.259 e. The Morgan fingerprint density at radius 3 is 2.32 bits per heavy atom. The van der Waals surface area contributed by atoms with Crippen LogP contribution in [-0.2, 0) is 10.0 Å². The molecule has 0 saturated carbocycles. The molecule has 9 nitrogen and oxygen atoms in total. The molecule has 0 saturated heterocycles. The van der Waals surface area contributed by atoms with E-state index in [-0.39, 0.29) is 16.0 Å². The molecule has 5 N–H and O–H groups in total. The van der Waals surface area contributed by atoms with Crippen molar-refractivity contribution in [2.45, 2.75) is 4.90 Å². The standard InChI is InChI=1S/C24H19N5O4S/c25-23(30)17-5-3-4-16(12-17)22-20(13-27-14-28-22)24(31)29-18-10-8-15(9-11-18)19-6-1-2-7-21(19)34(26,32)33/h1-14H,(H2,25,30)(H,29,31)(H2,26,32,33). The van der Waals surface area contributed by atoms with Gasteiger partial charge in [-0.05, 0) is 35.9 Å². The van der Waals surface area contributed by atoms with Crippen molar-refractivity contribution >= 4 is 27.5 Å². The summed E-state index contributed by atoms with van der Waals surface area (Å²) in [6.45, 7) is 0. The van der Waals surface area contributed by atoms with Gasteiger partial charge < -0.3 is 11.1 Å². The lowest BCUT2D eigenvalue weighted by atomic mass is 10.0. The second-order valence-electron chi connectivity index (χ2n) is 7.30. The summed E-state index contributed by atoms with van der Waals surface area (Å²) in [6, 6.07) is 19.5. The van der Waals surface area contributed by atoms with Gasteiger partial charge >= 0.3 is 0 Å². The summed E-state index contributed by atoms with van der Waals surface area (Å²) in [5.74, 6) is -1.05. The van der Waals surface area contributed by atoms with Crippen LogP contribution in [0.2, 0.25) is 0 Å². The molecule has 170 valence electrons. The molecular formula is C24H19N5O4S. The van der Waals surface area contributed by atoms with Crippen LogP contribution in [0, 0.1) is 0 Å². The van der Waals surface area contributed by atoms with Crippen LogP contribution in [0.1, 0.15) is 20.7 Å². The van der Waals surface area contributed by atoms with Crippen molar-refractivity contribution in [1.29, 1.82) is 0 Å². The number of nitrogens with one attached hydrogen (secondary N) is 1. The van der Waals surface area contributed by atoms with Crippen LogP contribution in [0.3, 0.4) is 0 Å². The quantitative estimate of drug-likeness (QED) is 0.391. The van der Waals surface area contributed by atoms with Gasteiger partial charge in [0, 0.05) is 28.6 Å². The average Bonchev–Trinajstić information content (AvgIpc) is 2.84. The lowest BCUT2D eigenvalue weighted by Gasteiger charge is -2.11. The molecular weight excluding hydrogens is 454 g/mol. The molecule has 0 aliphatic carbocycles. The van der Waals surface area contributed by atoms with E-state index in [0.29, 0.717) is 28.1 Å². The Hall–Kier alpha value is -4.41. The number of carbonyl (C=O) groups is 2. The predicted molar refractivity (Wildman–Crippen MR) is 127 cm³/mol. The Kier molecular flexibility index (Phi) is 6.17. The highest BCUT2D eigenvalue weighted by atomic mass is 32.2. The molecule has 1 aromatic heterocycles. The van der Waals surface area contributed by atoms with Gasteiger partial charge in [-0.15, -0.1) is 0 Å². The van der Waals surface area contributed by atoms with Gasteiger partial charge in [0.15, 0.2) is 0 Å². The number of rotatable bonds is 6. The number of primary amides is 1. The topological polar surface area (TPSA) is 158 Å². The monoisotopic (exact) mass is 473 g/mol. The summed E-state index contributed by atoms with van der Waals surface area (Å²) in [4.78, 5) is 32.7. The molecule has 4 rings (SSSR count). The Labute approximate surface area is 195 Å². The van der Waals surface area contributed by atoms with Crippen LogP contribution in [0.25, 0.3) is 22.4 Å². The van der Waals surface area contributed by atoms with Crippen molar-refractivity contribution in [2.75, 3.05) is 5.32 Å². The largest absolute Gasteiger partial charge is 0.366 e. The zero-order valence-electron chi connectivity index (χ0n) is 17.7. The fraction of sp³-hybridized carbons (Fsp3) is 0. The maximum atomic E-state index is 13.0. The molecule has 0 aliphatic rings.